The van der Waals surface area contributed by atoms with E-state index in [-0.39, 0.29) is 0 Å². The number of aromatic nitrogens is 1. The molecule has 0 aliphatic carbocycles. The molecule has 0 unspecified atom stereocenters. The SMILES string of the molecule is Cc1cccc2c1CN(c1ccnc(Cl)c1)C2. The van der Waals surface area contributed by atoms with Crippen LogP contribution in [-0.4, -0.2) is 4.98 Å². The number of hydrogen-bond donors (Lipinski definition) is 0. The van der Waals surface area contributed by atoms with Crippen molar-refractivity contribution in [1.82, 2.24) is 4.98 Å². The Morgan fingerprint density at radius 3 is 2.88 bits per heavy atom. The van der Waals surface area contributed by atoms with E-state index in [1.807, 2.05) is 12.1 Å². The molecule has 17 heavy (non-hydrogen) atoms. The summed E-state index contributed by atoms with van der Waals surface area (Å²) in [5.41, 5.74) is 5.36. The van der Waals surface area contributed by atoms with Crippen LogP contribution in [0.5, 0.6) is 0 Å². The first-order valence-corrected chi connectivity index (χ1v) is 6.06. The molecule has 2 heterocycles. The third-order valence-electron chi connectivity index (χ3n) is 3.29. The van der Waals surface area contributed by atoms with Crippen molar-refractivity contribution in [3.05, 3.63) is 58.4 Å². The number of nitrogens with zero attached hydrogens (tertiary/aromatic N) is 2. The molecule has 3 rings (SSSR count). The van der Waals surface area contributed by atoms with Gasteiger partial charge in [-0.25, -0.2) is 4.98 Å². The van der Waals surface area contributed by atoms with Crippen LogP contribution < -0.4 is 4.90 Å². The Balaban J connectivity index is 1.94. The van der Waals surface area contributed by atoms with Gasteiger partial charge in [-0.05, 0) is 35.7 Å². The smallest absolute Gasteiger partial charge is 0.131 e. The Morgan fingerprint density at radius 1 is 1.24 bits per heavy atom. The van der Waals surface area contributed by atoms with Crippen molar-refractivity contribution in [2.45, 2.75) is 20.0 Å². The highest BCUT2D eigenvalue weighted by atomic mass is 35.5. The van der Waals surface area contributed by atoms with Crippen LogP contribution in [0.4, 0.5) is 5.69 Å². The van der Waals surface area contributed by atoms with Crippen LogP contribution in [0.2, 0.25) is 5.15 Å². The zero-order chi connectivity index (χ0) is 11.8. The second kappa shape index (κ2) is 4.04. The van der Waals surface area contributed by atoms with E-state index in [1.165, 1.54) is 16.7 Å². The number of pyridine rings is 1. The Morgan fingerprint density at radius 2 is 2.12 bits per heavy atom. The summed E-state index contributed by atoms with van der Waals surface area (Å²) >= 11 is 5.93. The lowest BCUT2D eigenvalue weighted by Gasteiger charge is -2.17. The lowest BCUT2D eigenvalue weighted by atomic mass is 10.1. The van der Waals surface area contributed by atoms with Gasteiger partial charge in [-0.2, -0.15) is 0 Å². The van der Waals surface area contributed by atoms with Gasteiger partial charge in [0.25, 0.3) is 0 Å². The third-order valence-corrected chi connectivity index (χ3v) is 3.50. The topological polar surface area (TPSA) is 16.1 Å². The molecule has 1 aliphatic heterocycles. The molecule has 0 atom stereocenters. The van der Waals surface area contributed by atoms with Gasteiger partial charge in [0.2, 0.25) is 0 Å². The first-order valence-electron chi connectivity index (χ1n) is 5.68. The van der Waals surface area contributed by atoms with Gasteiger partial charge in [0.1, 0.15) is 5.15 Å². The summed E-state index contributed by atoms with van der Waals surface area (Å²) in [6.45, 7) is 4.08. The van der Waals surface area contributed by atoms with E-state index in [9.17, 15) is 0 Å². The van der Waals surface area contributed by atoms with Gasteiger partial charge >= 0.3 is 0 Å². The lowest BCUT2D eigenvalue weighted by molar-refractivity contribution is 0.876. The largest absolute Gasteiger partial charge is 0.363 e. The maximum Gasteiger partial charge on any atom is 0.131 e. The van der Waals surface area contributed by atoms with Gasteiger partial charge in [-0.3, -0.25) is 0 Å². The number of anilines is 1. The molecule has 0 saturated carbocycles. The van der Waals surface area contributed by atoms with E-state index in [1.54, 1.807) is 6.20 Å². The Labute approximate surface area is 106 Å². The summed E-state index contributed by atoms with van der Waals surface area (Å²) < 4.78 is 0. The molecular weight excluding hydrogens is 232 g/mol. The average molecular weight is 245 g/mol. The summed E-state index contributed by atoms with van der Waals surface area (Å²) in [5.74, 6) is 0. The molecule has 86 valence electrons. The molecule has 1 aromatic carbocycles. The van der Waals surface area contributed by atoms with Crippen LogP contribution in [-0.2, 0) is 13.1 Å². The van der Waals surface area contributed by atoms with E-state index in [0.717, 1.165) is 18.8 Å². The van der Waals surface area contributed by atoms with E-state index in [0.29, 0.717) is 5.15 Å². The highest BCUT2D eigenvalue weighted by Gasteiger charge is 2.20. The zero-order valence-electron chi connectivity index (χ0n) is 9.65. The normalized spacial score (nSPS) is 13.9. The van der Waals surface area contributed by atoms with Crippen molar-refractivity contribution in [2.24, 2.45) is 0 Å². The summed E-state index contributed by atoms with van der Waals surface area (Å²) in [6, 6.07) is 10.4. The first-order chi connectivity index (χ1) is 8.24. The number of aryl methyl sites for hydroxylation is 1. The molecule has 2 nitrogen and oxygen atoms in total. The molecule has 0 bridgehead atoms. The molecule has 1 aliphatic rings. The molecule has 0 radical (unpaired) electrons. The lowest BCUT2D eigenvalue weighted by Crippen LogP contribution is -2.14. The average Bonchev–Trinajstić information content (AvgIpc) is 2.74. The fraction of sp³-hybridized carbons (Fsp3) is 0.214. The van der Waals surface area contributed by atoms with Crippen molar-refractivity contribution < 1.29 is 0 Å². The van der Waals surface area contributed by atoms with E-state index >= 15 is 0 Å². The van der Waals surface area contributed by atoms with Crippen LogP contribution in [0, 0.1) is 6.92 Å². The van der Waals surface area contributed by atoms with Gasteiger partial charge in [-0.15, -0.1) is 0 Å². The second-order valence-corrected chi connectivity index (χ2v) is 4.79. The molecule has 3 heteroatoms. The number of rotatable bonds is 1. The molecule has 0 N–H and O–H groups in total. The van der Waals surface area contributed by atoms with Crippen molar-refractivity contribution >= 4 is 17.3 Å². The minimum atomic E-state index is 0.551. The number of fused-ring (bicyclic) bond motifs is 1. The standard InChI is InChI=1S/C14H13ClN2/c1-10-3-2-4-11-8-17(9-13(10)11)12-5-6-16-14(15)7-12/h2-7H,8-9H2,1H3. The van der Waals surface area contributed by atoms with E-state index in [2.05, 4.69) is 35.0 Å². The molecule has 1 aromatic heterocycles. The zero-order valence-corrected chi connectivity index (χ0v) is 10.4. The van der Waals surface area contributed by atoms with Crippen molar-refractivity contribution in [3.8, 4) is 0 Å². The van der Waals surface area contributed by atoms with Crippen molar-refractivity contribution in [2.75, 3.05) is 4.90 Å². The molecule has 0 spiro atoms. The van der Waals surface area contributed by atoms with Crippen molar-refractivity contribution in [1.29, 1.82) is 0 Å². The van der Waals surface area contributed by atoms with Crippen LogP contribution in [0.15, 0.2) is 36.5 Å². The predicted octanol–water partition coefficient (Wildman–Crippen LogP) is 3.56. The number of halogens is 1. The van der Waals surface area contributed by atoms with Gasteiger partial charge in [0.15, 0.2) is 0 Å². The second-order valence-electron chi connectivity index (χ2n) is 4.41. The Bertz CT molecular complexity index is 566. The van der Waals surface area contributed by atoms with Crippen molar-refractivity contribution in [3.63, 3.8) is 0 Å². The fourth-order valence-electron chi connectivity index (χ4n) is 2.36. The molecule has 0 amide bonds. The summed E-state index contributed by atoms with van der Waals surface area (Å²) in [4.78, 5) is 6.34. The number of hydrogen-bond acceptors (Lipinski definition) is 2. The van der Waals surface area contributed by atoms with Gasteiger partial charge in [-0.1, -0.05) is 29.8 Å². The molecule has 2 aromatic rings. The predicted molar refractivity (Wildman–Crippen MR) is 70.3 cm³/mol. The maximum atomic E-state index is 5.93. The molecule has 0 fully saturated rings. The van der Waals surface area contributed by atoms with Crippen LogP contribution >= 0.6 is 11.6 Å². The maximum absolute atomic E-state index is 5.93. The third kappa shape index (κ3) is 1.89. The minimum Gasteiger partial charge on any atom is -0.363 e. The van der Waals surface area contributed by atoms with Gasteiger partial charge in [0, 0.05) is 25.0 Å². The van der Waals surface area contributed by atoms with Crippen LogP contribution in [0.3, 0.4) is 0 Å². The Hall–Kier alpha value is -1.54. The quantitative estimate of drug-likeness (QED) is 0.713. The molecular formula is C14H13ClN2. The van der Waals surface area contributed by atoms with Gasteiger partial charge < -0.3 is 4.90 Å². The summed E-state index contributed by atoms with van der Waals surface area (Å²) in [7, 11) is 0. The first kappa shape index (κ1) is 10.6. The highest BCUT2D eigenvalue weighted by molar-refractivity contribution is 6.29. The highest BCUT2D eigenvalue weighted by Crippen LogP contribution is 2.30. The van der Waals surface area contributed by atoms with Crippen LogP contribution in [0.25, 0.3) is 0 Å². The van der Waals surface area contributed by atoms with Crippen LogP contribution in [0.1, 0.15) is 16.7 Å². The Kier molecular flexibility index (Phi) is 2.52. The minimum absolute atomic E-state index is 0.551. The van der Waals surface area contributed by atoms with E-state index < -0.39 is 0 Å². The summed E-state index contributed by atoms with van der Waals surface area (Å²) in [5, 5.41) is 0.551. The monoisotopic (exact) mass is 244 g/mol. The number of benzene rings is 1. The van der Waals surface area contributed by atoms with E-state index in [4.69, 9.17) is 11.6 Å². The fourth-order valence-corrected chi connectivity index (χ4v) is 2.53. The van der Waals surface area contributed by atoms with Gasteiger partial charge in [0.05, 0.1) is 0 Å². The summed E-state index contributed by atoms with van der Waals surface area (Å²) in [6.07, 6.45) is 1.76. The molecule has 0 saturated heterocycles.